The van der Waals surface area contributed by atoms with E-state index in [1.807, 2.05) is 22.9 Å². The molecule has 33 heavy (non-hydrogen) atoms. The van der Waals surface area contributed by atoms with E-state index in [0.29, 0.717) is 26.3 Å². The zero-order chi connectivity index (χ0) is 24.0. The number of carbonyl (C=O) groups is 2. The first-order chi connectivity index (χ1) is 15.9. The first-order valence-corrected chi connectivity index (χ1v) is 11.7. The molecule has 1 atom stereocenters. The van der Waals surface area contributed by atoms with Crippen molar-refractivity contribution in [2.75, 3.05) is 33.5 Å². The predicted octanol–water partition coefficient (Wildman–Crippen LogP) is 3.89. The van der Waals surface area contributed by atoms with Gasteiger partial charge in [0.05, 0.1) is 31.5 Å². The van der Waals surface area contributed by atoms with E-state index >= 15 is 0 Å². The molecule has 180 valence electrons. The highest BCUT2D eigenvalue weighted by Crippen LogP contribution is 2.39. The minimum absolute atomic E-state index is 0.127. The number of methoxy groups -OCH3 is 1. The Morgan fingerprint density at radius 3 is 2.67 bits per heavy atom. The Morgan fingerprint density at radius 2 is 1.97 bits per heavy atom. The number of nitrogens with zero attached hydrogens (tertiary/aromatic N) is 3. The first-order valence-electron chi connectivity index (χ1n) is 11.7. The highest BCUT2D eigenvalue weighted by Gasteiger charge is 2.38. The molecule has 0 saturated carbocycles. The molecule has 0 N–H and O–H groups in total. The first kappa shape index (κ1) is 24.8. The summed E-state index contributed by atoms with van der Waals surface area (Å²) in [5, 5.41) is 5.74. The number of ether oxygens (including phenoxy) is 3. The molecule has 0 spiro atoms. The molecular formula is C25H35N3O5. The predicted molar refractivity (Wildman–Crippen MR) is 126 cm³/mol. The van der Waals surface area contributed by atoms with E-state index in [2.05, 4.69) is 25.7 Å². The maximum Gasteiger partial charge on any atom is 0.343 e. The minimum Gasteiger partial charge on any atom is -0.491 e. The number of aromatic nitrogens is 2. The number of ketones is 1. The lowest BCUT2D eigenvalue weighted by molar-refractivity contribution is -0.140. The minimum atomic E-state index is -0.549. The van der Waals surface area contributed by atoms with Crippen LogP contribution in [0.25, 0.3) is 10.9 Å². The lowest BCUT2D eigenvalue weighted by Crippen LogP contribution is -2.40. The van der Waals surface area contributed by atoms with Crippen molar-refractivity contribution in [3.05, 3.63) is 35.7 Å². The van der Waals surface area contributed by atoms with Crippen LogP contribution in [0, 0.1) is 5.92 Å². The summed E-state index contributed by atoms with van der Waals surface area (Å²) in [6, 6.07) is 5.72. The molecule has 0 amide bonds. The van der Waals surface area contributed by atoms with Crippen molar-refractivity contribution in [1.29, 1.82) is 0 Å². The quantitative estimate of drug-likeness (QED) is 0.354. The van der Waals surface area contributed by atoms with Crippen LogP contribution < -0.4 is 4.74 Å². The Kier molecular flexibility index (Phi) is 8.49. The number of hydrogen-bond acceptors (Lipinski definition) is 7. The van der Waals surface area contributed by atoms with Gasteiger partial charge in [0.15, 0.2) is 5.78 Å². The molecular weight excluding hydrogens is 422 g/mol. The normalized spacial score (nSPS) is 17.2. The van der Waals surface area contributed by atoms with E-state index in [1.54, 1.807) is 20.2 Å². The van der Waals surface area contributed by atoms with Crippen molar-refractivity contribution >= 4 is 22.7 Å². The van der Waals surface area contributed by atoms with Gasteiger partial charge in [-0.3, -0.25) is 9.48 Å². The van der Waals surface area contributed by atoms with Crippen LogP contribution in [0.15, 0.2) is 30.0 Å². The van der Waals surface area contributed by atoms with Gasteiger partial charge in [-0.25, -0.2) is 4.79 Å². The Hall–Kier alpha value is -2.87. The zero-order valence-electron chi connectivity index (χ0n) is 20.3. The molecule has 0 saturated heterocycles. The van der Waals surface area contributed by atoms with Crippen molar-refractivity contribution < 1.29 is 23.8 Å². The second kappa shape index (κ2) is 11.3. The molecule has 1 unspecified atom stereocenters. The summed E-state index contributed by atoms with van der Waals surface area (Å²) in [6.07, 6.45) is 2.68. The molecule has 0 bridgehead atoms. The van der Waals surface area contributed by atoms with Crippen LogP contribution in [-0.4, -0.2) is 59.9 Å². The molecule has 3 heterocycles. The fourth-order valence-electron chi connectivity index (χ4n) is 3.96. The molecule has 4 rings (SSSR count). The average Bonchev–Trinajstić information content (AvgIpc) is 3.16. The van der Waals surface area contributed by atoms with E-state index in [0.717, 1.165) is 34.7 Å². The fraction of sp³-hybridized carbons (Fsp3) is 0.560. The van der Waals surface area contributed by atoms with E-state index in [1.165, 1.54) is 0 Å². The monoisotopic (exact) mass is 457 g/mol. The van der Waals surface area contributed by atoms with Gasteiger partial charge in [0.2, 0.25) is 0 Å². The number of hydrogen-bond donors (Lipinski definition) is 0. The van der Waals surface area contributed by atoms with Crippen molar-refractivity contribution in [2.24, 2.45) is 5.92 Å². The molecule has 8 heteroatoms. The van der Waals surface area contributed by atoms with Crippen molar-refractivity contribution in [2.45, 2.75) is 53.1 Å². The van der Waals surface area contributed by atoms with Gasteiger partial charge in [0.25, 0.3) is 0 Å². The number of benzene rings is 1. The van der Waals surface area contributed by atoms with Gasteiger partial charge in [0.1, 0.15) is 16.8 Å². The van der Waals surface area contributed by atoms with Gasteiger partial charge >= 0.3 is 5.97 Å². The second-order valence-electron chi connectivity index (χ2n) is 8.83. The number of fused-ring (bicyclic) bond motifs is 5. The summed E-state index contributed by atoms with van der Waals surface area (Å²) in [4.78, 5) is 26.8. The van der Waals surface area contributed by atoms with Crippen LogP contribution in [0.3, 0.4) is 0 Å². The van der Waals surface area contributed by atoms with Crippen LogP contribution in [0.5, 0.6) is 5.75 Å². The zero-order valence-corrected chi connectivity index (χ0v) is 20.3. The third kappa shape index (κ3) is 5.74. The largest absolute Gasteiger partial charge is 0.491 e. The molecule has 0 radical (unpaired) electrons. The molecule has 2 aromatic rings. The summed E-state index contributed by atoms with van der Waals surface area (Å²) >= 11 is 0. The summed E-state index contributed by atoms with van der Waals surface area (Å²) in [5.74, 6) is 0.822. The van der Waals surface area contributed by atoms with Crippen molar-refractivity contribution in [3.8, 4) is 5.75 Å². The fourth-order valence-corrected chi connectivity index (χ4v) is 3.96. The van der Waals surface area contributed by atoms with E-state index in [4.69, 9.17) is 19.3 Å². The number of rotatable bonds is 7. The van der Waals surface area contributed by atoms with Crippen LogP contribution in [0.1, 0.15) is 52.3 Å². The molecule has 2 aliphatic heterocycles. The maximum atomic E-state index is 12.6. The van der Waals surface area contributed by atoms with Crippen LogP contribution in [0.4, 0.5) is 0 Å². The lowest BCUT2D eigenvalue weighted by atomic mass is 9.93. The summed E-state index contributed by atoms with van der Waals surface area (Å²) in [5.41, 5.74) is 1.91. The molecule has 1 aromatic heterocycles. The smallest absolute Gasteiger partial charge is 0.343 e. The summed E-state index contributed by atoms with van der Waals surface area (Å²) in [7, 11) is 1.67. The summed E-state index contributed by atoms with van der Waals surface area (Å²) < 4.78 is 18.0. The third-order valence-electron chi connectivity index (χ3n) is 5.28. The summed E-state index contributed by atoms with van der Waals surface area (Å²) in [6.45, 7) is 11.0. The van der Waals surface area contributed by atoms with Gasteiger partial charge in [0, 0.05) is 44.7 Å². The Balaban J connectivity index is 0.000000709. The van der Waals surface area contributed by atoms with Gasteiger partial charge in [-0.05, 0) is 18.9 Å². The van der Waals surface area contributed by atoms with Crippen LogP contribution >= 0.6 is 0 Å². The highest BCUT2D eigenvalue weighted by molar-refractivity contribution is 6.18. The molecule has 1 aromatic carbocycles. The Morgan fingerprint density at radius 1 is 1.21 bits per heavy atom. The lowest BCUT2D eigenvalue weighted by Gasteiger charge is -2.38. The van der Waals surface area contributed by atoms with Crippen LogP contribution in [0.2, 0.25) is 0 Å². The van der Waals surface area contributed by atoms with Gasteiger partial charge in [-0.15, -0.1) is 0 Å². The van der Waals surface area contributed by atoms with Gasteiger partial charge in [-0.2, -0.15) is 5.10 Å². The van der Waals surface area contributed by atoms with E-state index in [9.17, 15) is 9.59 Å². The van der Waals surface area contributed by atoms with Gasteiger partial charge in [-0.1, -0.05) is 32.9 Å². The molecule has 0 aliphatic carbocycles. The number of Topliss-reactive ketones (excluding diaryl/α,β-unsaturated/α-hetero) is 1. The highest BCUT2D eigenvalue weighted by atomic mass is 16.5. The topological polar surface area (TPSA) is 82.9 Å². The second-order valence-corrected chi connectivity index (χ2v) is 8.83. The van der Waals surface area contributed by atoms with Gasteiger partial charge < -0.3 is 19.1 Å². The van der Waals surface area contributed by atoms with Crippen molar-refractivity contribution in [3.63, 3.8) is 0 Å². The van der Waals surface area contributed by atoms with Crippen molar-refractivity contribution in [1.82, 2.24) is 14.7 Å². The SMILES string of the molecule is CC(C)C.CCOC(=O)C1=CN2CCn3nc4c(OCCCOC)cccc4c3C2CC1=O. The Bertz CT molecular complexity index is 1010. The van der Waals surface area contributed by atoms with E-state index < -0.39 is 5.97 Å². The average molecular weight is 458 g/mol. The molecule has 8 nitrogen and oxygen atoms in total. The Labute approximate surface area is 195 Å². The standard InChI is InChI=1S/C21H25N3O5.C4H10/c1-3-28-21(26)15-13-23-8-9-24-20(16(23)12-17(15)25)14-6-4-7-18(19(14)22-24)29-11-5-10-27-2;1-4(2)3/h4,6-7,13,16H,3,5,8-12H2,1-2H3;4H,1-3H3. The molecule has 0 fully saturated rings. The molecule has 2 aliphatic rings. The van der Waals surface area contributed by atoms with Crippen LogP contribution in [-0.2, 0) is 25.6 Å². The maximum absolute atomic E-state index is 12.6. The number of esters is 1. The van der Waals surface area contributed by atoms with E-state index in [-0.39, 0.29) is 30.4 Å². The third-order valence-corrected chi connectivity index (χ3v) is 5.28. The number of carbonyl (C=O) groups excluding carboxylic acids is 2.